The summed E-state index contributed by atoms with van der Waals surface area (Å²) in [6.45, 7) is 0.838. The Kier molecular flexibility index (Phi) is 5.28. The molecule has 3 heterocycles. The summed E-state index contributed by atoms with van der Waals surface area (Å²) in [5.41, 5.74) is 0.158. The van der Waals surface area contributed by atoms with E-state index in [0.717, 1.165) is 16.1 Å². The van der Waals surface area contributed by atoms with Crippen LogP contribution in [0.2, 0.25) is 0 Å². The van der Waals surface area contributed by atoms with Gasteiger partial charge in [-0.1, -0.05) is 39.4 Å². The zero-order valence-electron chi connectivity index (χ0n) is 16.3. The minimum absolute atomic E-state index is 0.0512. The fraction of sp³-hybridized carbons (Fsp3) is 0.300. The van der Waals surface area contributed by atoms with Crippen molar-refractivity contribution in [2.45, 2.75) is 12.2 Å². The quantitative estimate of drug-likeness (QED) is 0.519. The van der Waals surface area contributed by atoms with Gasteiger partial charge in [0.25, 0.3) is 0 Å². The number of aromatic nitrogens is 3. The molecule has 2 aliphatic rings. The SMILES string of the molecule is O=C(Nc1nnc(-c2ccc(Br)cc2)s1)NC1C2CN(c3ncccc3C(F)(F)F)CC21. The fourth-order valence-corrected chi connectivity index (χ4v) is 5.06. The lowest BCUT2D eigenvalue weighted by Gasteiger charge is -2.24. The number of fused-ring (bicyclic) bond motifs is 1. The predicted octanol–water partition coefficient (Wildman–Crippen LogP) is 4.64. The van der Waals surface area contributed by atoms with Crippen LogP contribution in [-0.4, -0.2) is 40.3 Å². The highest BCUT2D eigenvalue weighted by Gasteiger charge is 2.57. The van der Waals surface area contributed by atoms with E-state index in [-0.39, 0.29) is 23.7 Å². The largest absolute Gasteiger partial charge is 0.419 e. The number of benzene rings is 1. The molecule has 2 amide bonds. The van der Waals surface area contributed by atoms with Crippen LogP contribution in [0.25, 0.3) is 10.6 Å². The van der Waals surface area contributed by atoms with Crippen molar-refractivity contribution in [1.29, 1.82) is 0 Å². The molecule has 166 valence electrons. The number of nitrogens with zero attached hydrogens (tertiary/aromatic N) is 4. The van der Waals surface area contributed by atoms with E-state index >= 15 is 0 Å². The molecule has 2 unspecified atom stereocenters. The molecule has 0 spiro atoms. The van der Waals surface area contributed by atoms with Gasteiger partial charge in [0.05, 0.1) is 5.56 Å². The zero-order valence-corrected chi connectivity index (χ0v) is 18.7. The van der Waals surface area contributed by atoms with E-state index in [4.69, 9.17) is 0 Å². The Morgan fingerprint density at radius 2 is 1.84 bits per heavy atom. The second kappa shape index (κ2) is 8.00. The number of nitrogens with one attached hydrogen (secondary N) is 2. The Balaban J connectivity index is 1.16. The number of alkyl halides is 3. The maximum absolute atomic E-state index is 13.2. The monoisotopic (exact) mass is 524 g/mol. The van der Waals surface area contributed by atoms with Gasteiger partial charge in [0.2, 0.25) is 5.13 Å². The Morgan fingerprint density at radius 3 is 2.53 bits per heavy atom. The number of hydrogen-bond donors (Lipinski definition) is 2. The van der Waals surface area contributed by atoms with Crippen molar-refractivity contribution in [3.05, 3.63) is 52.6 Å². The van der Waals surface area contributed by atoms with Gasteiger partial charge in [0.1, 0.15) is 10.8 Å². The molecule has 1 aliphatic heterocycles. The molecule has 1 saturated heterocycles. The van der Waals surface area contributed by atoms with Crippen LogP contribution in [0.3, 0.4) is 0 Å². The molecular weight excluding hydrogens is 509 g/mol. The second-order valence-corrected chi connectivity index (χ2v) is 9.54. The Hall–Kier alpha value is -2.73. The van der Waals surface area contributed by atoms with E-state index in [1.54, 1.807) is 4.90 Å². The van der Waals surface area contributed by atoms with E-state index in [1.165, 1.54) is 23.6 Å². The summed E-state index contributed by atoms with van der Waals surface area (Å²) in [5, 5.41) is 14.7. The number of pyridine rings is 1. The standard InChI is InChI=1S/C20H16BrF3N6OS/c21-11-5-3-10(4-6-11)17-28-29-19(32-17)27-18(31)26-15-12-8-30(9-13(12)15)16-14(20(22,23)24)2-1-7-25-16/h1-7,12-13,15H,8-9H2,(H2,26,27,29,31). The summed E-state index contributed by atoms with van der Waals surface area (Å²) >= 11 is 4.64. The van der Waals surface area contributed by atoms with Gasteiger partial charge in [-0.05, 0) is 24.3 Å². The van der Waals surface area contributed by atoms with Crippen molar-refractivity contribution in [3.8, 4) is 10.6 Å². The van der Waals surface area contributed by atoms with Crippen molar-refractivity contribution >= 4 is 44.2 Å². The lowest BCUT2D eigenvalue weighted by atomic mass is 10.2. The topological polar surface area (TPSA) is 83.0 Å². The lowest BCUT2D eigenvalue weighted by molar-refractivity contribution is -0.137. The van der Waals surface area contributed by atoms with E-state index in [2.05, 4.69) is 41.7 Å². The molecular formula is C20H16BrF3N6OS. The summed E-state index contributed by atoms with van der Waals surface area (Å²) in [5.74, 6) is 0.137. The van der Waals surface area contributed by atoms with Crippen LogP contribution >= 0.6 is 27.3 Å². The number of amides is 2. The normalized spacial score (nSPS) is 21.9. The third kappa shape index (κ3) is 4.16. The highest BCUT2D eigenvalue weighted by molar-refractivity contribution is 9.10. The Morgan fingerprint density at radius 1 is 1.12 bits per heavy atom. The van der Waals surface area contributed by atoms with Crippen molar-refractivity contribution in [2.75, 3.05) is 23.3 Å². The number of hydrogen-bond acceptors (Lipinski definition) is 6. The highest BCUT2D eigenvalue weighted by Crippen LogP contribution is 2.48. The first-order chi connectivity index (χ1) is 15.3. The van der Waals surface area contributed by atoms with Crippen molar-refractivity contribution < 1.29 is 18.0 Å². The second-order valence-electron chi connectivity index (χ2n) is 7.65. The molecule has 5 rings (SSSR count). The molecule has 1 saturated carbocycles. The number of rotatable bonds is 4. The Labute approximate surface area is 193 Å². The van der Waals surface area contributed by atoms with Crippen molar-refractivity contribution in [3.63, 3.8) is 0 Å². The number of urea groups is 1. The highest BCUT2D eigenvalue weighted by atomic mass is 79.9. The molecule has 0 radical (unpaired) electrons. The molecule has 2 fully saturated rings. The fourth-order valence-electron chi connectivity index (χ4n) is 4.05. The summed E-state index contributed by atoms with van der Waals surface area (Å²) in [4.78, 5) is 17.9. The molecule has 12 heteroatoms. The van der Waals surface area contributed by atoms with E-state index in [1.807, 2.05) is 24.3 Å². The minimum Gasteiger partial charge on any atom is -0.355 e. The summed E-state index contributed by atoms with van der Waals surface area (Å²) in [6, 6.07) is 9.44. The maximum Gasteiger partial charge on any atom is 0.419 e. The van der Waals surface area contributed by atoms with Crippen molar-refractivity contribution in [2.24, 2.45) is 11.8 Å². The zero-order chi connectivity index (χ0) is 22.5. The maximum atomic E-state index is 13.2. The number of piperidine rings is 1. The van der Waals surface area contributed by atoms with Crippen molar-refractivity contribution in [1.82, 2.24) is 20.5 Å². The Bertz CT molecular complexity index is 1140. The smallest absolute Gasteiger partial charge is 0.355 e. The van der Waals surface area contributed by atoms with Gasteiger partial charge < -0.3 is 10.2 Å². The first kappa shape index (κ1) is 21.1. The van der Waals surface area contributed by atoms with Gasteiger partial charge in [0, 0.05) is 47.2 Å². The number of carbonyl (C=O) groups is 1. The van der Waals surface area contributed by atoms with Crippen LogP contribution in [0, 0.1) is 11.8 Å². The van der Waals surface area contributed by atoms with E-state index in [9.17, 15) is 18.0 Å². The molecule has 7 nitrogen and oxygen atoms in total. The van der Waals surface area contributed by atoms with Gasteiger partial charge in [-0.3, -0.25) is 5.32 Å². The van der Waals surface area contributed by atoms with Crippen LogP contribution in [0.4, 0.5) is 28.9 Å². The molecule has 0 bridgehead atoms. The summed E-state index contributed by atoms with van der Waals surface area (Å²) in [6.07, 6.45) is -3.09. The van der Waals surface area contributed by atoms with Crippen LogP contribution in [0.15, 0.2) is 47.1 Å². The number of carbonyl (C=O) groups excluding carboxylic acids is 1. The minimum atomic E-state index is -4.45. The molecule has 2 atom stereocenters. The first-order valence-electron chi connectivity index (χ1n) is 9.74. The van der Waals surface area contributed by atoms with E-state index < -0.39 is 17.8 Å². The lowest BCUT2D eigenvalue weighted by Crippen LogP contribution is -2.37. The third-order valence-corrected chi connectivity index (χ3v) is 7.04. The van der Waals surface area contributed by atoms with Gasteiger partial charge in [-0.15, -0.1) is 10.2 Å². The number of anilines is 2. The molecule has 3 aromatic rings. The molecule has 1 aliphatic carbocycles. The molecule has 32 heavy (non-hydrogen) atoms. The average Bonchev–Trinajstić information content (AvgIpc) is 3.13. The van der Waals surface area contributed by atoms with Crippen LogP contribution in [0.1, 0.15) is 5.56 Å². The predicted molar refractivity (Wildman–Crippen MR) is 117 cm³/mol. The summed E-state index contributed by atoms with van der Waals surface area (Å²) < 4.78 is 40.7. The van der Waals surface area contributed by atoms with E-state index in [0.29, 0.717) is 23.2 Å². The van der Waals surface area contributed by atoms with Crippen LogP contribution < -0.4 is 15.5 Å². The number of halogens is 4. The van der Waals surface area contributed by atoms with Gasteiger partial charge in [-0.25, -0.2) is 9.78 Å². The first-order valence-corrected chi connectivity index (χ1v) is 11.3. The van der Waals surface area contributed by atoms with Gasteiger partial charge in [-0.2, -0.15) is 13.2 Å². The molecule has 2 N–H and O–H groups in total. The average molecular weight is 525 g/mol. The van der Waals surface area contributed by atoms with Gasteiger partial charge >= 0.3 is 12.2 Å². The molecule has 1 aromatic carbocycles. The van der Waals surface area contributed by atoms with Gasteiger partial charge in [0.15, 0.2) is 0 Å². The van der Waals surface area contributed by atoms with Crippen LogP contribution in [-0.2, 0) is 6.18 Å². The van der Waals surface area contributed by atoms with Crippen LogP contribution in [0.5, 0.6) is 0 Å². The third-order valence-electron chi connectivity index (χ3n) is 5.62. The summed E-state index contributed by atoms with van der Waals surface area (Å²) in [7, 11) is 0. The molecule has 2 aromatic heterocycles.